The number of hydrogen-bond donors (Lipinski definition) is 1. The second-order valence-electron chi connectivity index (χ2n) is 2.32. The minimum Gasteiger partial charge on any atom is -0.394 e. The van der Waals surface area contributed by atoms with E-state index in [1.54, 1.807) is 6.92 Å². The van der Waals surface area contributed by atoms with Crippen molar-refractivity contribution >= 4 is 11.6 Å². The van der Waals surface area contributed by atoms with Crippen LogP contribution in [0.15, 0.2) is 0 Å². The second kappa shape index (κ2) is 3.53. The van der Waals surface area contributed by atoms with Crippen LogP contribution in [0.1, 0.15) is 6.92 Å². The Bertz CT molecular complexity index is 107. The van der Waals surface area contributed by atoms with Crippen molar-refractivity contribution in [2.24, 2.45) is 0 Å². The molecule has 3 nitrogen and oxygen atoms in total. The van der Waals surface area contributed by atoms with Gasteiger partial charge >= 0.3 is 0 Å². The number of ether oxygens (including phenoxy) is 2. The fourth-order valence-electron chi connectivity index (χ4n) is 0.807. The highest BCUT2D eigenvalue weighted by atomic mass is 35.5. The number of halogens is 1. The molecule has 4 heteroatoms. The molecule has 0 aromatic carbocycles. The summed E-state index contributed by atoms with van der Waals surface area (Å²) in [5.41, 5.74) is 0. The lowest BCUT2D eigenvalue weighted by Gasteiger charge is -2.11. The van der Waals surface area contributed by atoms with Crippen molar-refractivity contribution < 1.29 is 14.6 Å². The van der Waals surface area contributed by atoms with Gasteiger partial charge in [-0.15, -0.1) is 11.6 Å². The second-order valence-corrected chi connectivity index (χ2v) is 3.01. The minimum absolute atomic E-state index is 0.000108. The lowest BCUT2D eigenvalue weighted by Crippen LogP contribution is -2.21. The van der Waals surface area contributed by atoms with Crippen molar-refractivity contribution in [3.63, 3.8) is 0 Å². The quantitative estimate of drug-likeness (QED) is 0.602. The molecule has 1 aliphatic rings. The summed E-state index contributed by atoms with van der Waals surface area (Å²) < 4.78 is 10.3. The molecule has 3 atom stereocenters. The van der Waals surface area contributed by atoms with Crippen LogP contribution in [0.3, 0.4) is 0 Å². The Morgan fingerprint density at radius 2 is 2.50 bits per heavy atom. The predicted octanol–water partition coefficient (Wildman–Crippen LogP) is 0.347. The molecular formula is C6H11ClO3. The van der Waals surface area contributed by atoms with Crippen molar-refractivity contribution in [2.45, 2.75) is 24.7 Å². The first-order valence-electron chi connectivity index (χ1n) is 3.26. The standard InChI is InChI=1S/C6H11ClO3/c1-4(7)6-9-3-5(2-8)10-6/h4-6,8H,2-3H2,1H3/t4?,5-,6?/m1/s1. The average Bonchev–Trinajstić information content (AvgIpc) is 2.34. The summed E-state index contributed by atoms with van der Waals surface area (Å²) in [6.45, 7) is 2.24. The van der Waals surface area contributed by atoms with Gasteiger partial charge in [-0.2, -0.15) is 0 Å². The van der Waals surface area contributed by atoms with Crippen LogP contribution in [-0.2, 0) is 9.47 Å². The smallest absolute Gasteiger partial charge is 0.174 e. The largest absolute Gasteiger partial charge is 0.394 e. The molecular weight excluding hydrogens is 156 g/mol. The maximum atomic E-state index is 8.62. The van der Waals surface area contributed by atoms with E-state index in [-0.39, 0.29) is 24.4 Å². The van der Waals surface area contributed by atoms with Crippen LogP contribution in [-0.4, -0.2) is 36.1 Å². The number of hydrogen-bond acceptors (Lipinski definition) is 3. The third-order valence-corrected chi connectivity index (χ3v) is 1.56. The molecule has 2 unspecified atom stereocenters. The van der Waals surface area contributed by atoms with E-state index >= 15 is 0 Å². The number of rotatable bonds is 2. The van der Waals surface area contributed by atoms with E-state index in [1.807, 2.05) is 0 Å². The van der Waals surface area contributed by atoms with Gasteiger partial charge in [0, 0.05) is 0 Å². The van der Waals surface area contributed by atoms with Gasteiger partial charge in [0.1, 0.15) is 6.10 Å². The zero-order chi connectivity index (χ0) is 7.56. The summed E-state index contributed by atoms with van der Waals surface area (Å²) in [6, 6.07) is 0. The summed E-state index contributed by atoms with van der Waals surface area (Å²) in [4.78, 5) is 0. The number of aliphatic hydroxyl groups excluding tert-OH is 1. The Labute approximate surface area is 64.9 Å². The number of aliphatic hydroxyl groups is 1. The van der Waals surface area contributed by atoms with Crippen LogP contribution >= 0.6 is 11.6 Å². The molecule has 0 aromatic rings. The van der Waals surface area contributed by atoms with Gasteiger partial charge < -0.3 is 14.6 Å². The van der Waals surface area contributed by atoms with Gasteiger partial charge in [0.2, 0.25) is 0 Å². The van der Waals surface area contributed by atoms with Crippen LogP contribution in [0.5, 0.6) is 0 Å². The maximum absolute atomic E-state index is 8.62. The molecule has 1 aliphatic heterocycles. The molecule has 0 amide bonds. The Hall–Kier alpha value is 0.170. The lowest BCUT2D eigenvalue weighted by atomic mass is 10.4. The molecule has 1 rings (SSSR count). The fourth-order valence-corrected chi connectivity index (χ4v) is 0.939. The van der Waals surface area contributed by atoms with E-state index in [0.29, 0.717) is 6.61 Å². The Morgan fingerprint density at radius 3 is 2.80 bits per heavy atom. The normalized spacial score (nSPS) is 36.3. The molecule has 1 fully saturated rings. The molecule has 1 saturated heterocycles. The Balaban J connectivity index is 2.28. The van der Waals surface area contributed by atoms with Crippen LogP contribution < -0.4 is 0 Å². The van der Waals surface area contributed by atoms with E-state index in [4.69, 9.17) is 26.2 Å². The molecule has 1 heterocycles. The van der Waals surface area contributed by atoms with E-state index in [9.17, 15) is 0 Å². The fraction of sp³-hybridized carbons (Fsp3) is 1.00. The third-order valence-electron chi connectivity index (χ3n) is 1.35. The predicted molar refractivity (Wildman–Crippen MR) is 37.0 cm³/mol. The first-order valence-corrected chi connectivity index (χ1v) is 3.69. The van der Waals surface area contributed by atoms with Gasteiger partial charge in [-0.3, -0.25) is 0 Å². The zero-order valence-corrected chi connectivity index (χ0v) is 6.54. The average molecular weight is 167 g/mol. The van der Waals surface area contributed by atoms with Crippen LogP contribution in [0.25, 0.3) is 0 Å². The van der Waals surface area contributed by atoms with Crippen molar-refractivity contribution in [2.75, 3.05) is 13.2 Å². The molecule has 0 aromatic heterocycles. The monoisotopic (exact) mass is 166 g/mol. The van der Waals surface area contributed by atoms with Gasteiger partial charge in [0.05, 0.1) is 18.6 Å². The summed E-state index contributed by atoms with van der Waals surface area (Å²) in [5, 5.41) is 8.46. The van der Waals surface area contributed by atoms with Gasteiger partial charge in [-0.1, -0.05) is 0 Å². The summed E-state index contributed by atoms with van der Waals surface area (Å²) >= 11 is 5.67. The van der Waals surface area contributed by atoms with Gasteiger partial charge in [0.25, 0.3) is 0 Å². The first kappa shape index (κ1) is 8.27. The lowest BCUT2D eigenvalue weighted by molar-refractivity contribution is -0.0632. The highest BCUT2D eigenvalue weighted by Gasteiger charge is 2.28. The van der Waals surface area contributed by atoms with Crippen molar-refractivity contribution in [3.8, 4) is 0 Å². The maximum Gasteiger partial charge on any atom is 0.174 e. The van der Waals surface area contributed by atoms with E-state index in [1.165, 1.54) is 0 Å². The Morgan fingerprint density at radius 1 is 1.80 bits per heavy atom. The molecule has 0 saturated carbocycles. The topological polar surface area (TPSA) is 38.7 Å². The van der Waals surface area contributed by atoms with Crippen LogP contribution in [0.2, 0.25) is 0 Å². The summed E-state index contributed by atoms with van der Waals surface area (Å²) in [7, 11) is 0. The highest BCUT2D eigenvalue weighted by molar-refractivity contribution is 6.20. The van der Waals surface area contributed by atoms with Gasteiger partial charge in [-0.05, 0) is 6.92 Å². The van der Waals surface area contributed by atoms with E-state index in [0.717, 1.165) is 0 Å². The van der Waals surface area contributed by atoms with E-state index in [2.05, 4.69) is 0 Å². The summed E-state index contributed by atoms with van der Waals surface area (Å²) in [6.07, 6.45) is -0.537. The van der Waals surface area contributed by atoms with Crippen LogP contribution in [0.4, 0.5) is 0 Å². The van der Waals surface area contributed by atoms with Crippen molar-refractivity contribution in [3.05, 3.63) is 0 Å². The highest BCUT2D eigenvalue weighted by Crippen LogP contribution is 2.17. The first-order chi connectivity index (χ1) is 4.74. The molecule has 0 bridgehead atoms. The number of alkyl halides is 1. The van der Waals surface area contributed by atoms with E-state index < -0.39 is 0 Å². The molecule has 60 valence electrons. The molecule has 0 aliphatic carbocycles. The third kappa shape index (κ3) is 1.83. The zero-order valence-electron chi connectivity index (χ0n) is 5.79. The molecule has 0 spiro atoms. The van der Waals surface area contributed by atoms with Crippen molar-refractivity contribution in [1.29, 1.82) is 0 Å². The van der Waals surface area contributed by atoms with Crippen molar-refractivity contribution in [1.82, 2.24) is 0 Å². The minimum atomic E-state index is -0.348. The SMILES string of the molecule is CC(Cl)C1OC[C@@H](CO)O1. The molecule has 10 heavy (non-hydrogen) atoms. The molecule has 1 N–H and O–H groups in total. The van der Waals surface area contributed by atoms with Gasteiger partial charge in [0.15, 0.2) is 6.29 Å². The molecule has 0 radical (unpaired) electrons. The Kier molecular flexibility index (Phi) is 2.92. The summed E-state index contributed by atoms with van der Waals surface area (Å²) in [5.74, 6) is 0. The van der Waals surface area contributed by atoms with Gasteiger partial charge in [-0.25, -0.2) is 0 Å². The van der Waals surface area contributed by atoms with Crippen LogP contribution in [0, 0.1) is 0 Å².